The van der Waals surface area contributed by atoms with Gasteiger partial charge in [0.1, 0.15) is 30.5 Å². The van der Waals surface area contributed by atoms with Crippen LogP contribution in [0.5, 0.6) is 0 Å². The van der Waals surface area contributed by atoms with Gasteiger partial charge in [-0.3, -0.25) is 23.0 Å². The first-order valence-corrected chi connectivity index (χ1v) is 37.9. The molecule has 1 aliphatic heterocycles. The first-order valence-electron chi connectivity index (χ1n) is 32.4. The molecule has 0 saturated carbocycles. The first-order chi connectivity index (χ1) is 40.8. The number of carboxylic acid groups (broad SMARTS) is 1. The van der Waals surface area contributed by atoms with Crippen LogP contribution in [0, 0.1) is 0 Å². The third-order valence-electron chi connectivity index (χ3n) is 15.3. The Labute approximate surface area is 517 Å². The van der Waals surface area contributed by atoms with Gasteiger partial charge in [0.05, 0.1) is 25.9 Å². The predicted molar refractivity (Wildman–Crippen MR) is 327 cm³/mol. The number of carbonyl (C=O) groups is 2. The maximum atomic E-state index is 13.4. The summed E-state index contributed by atoms with van der Waals surface area (Å²) in [6, 6.07) is -2.26. The van der Waals surface area contributed by atoms with Gasteiger partial charge in [-0.05, 0) is 12.8 Å². The number of hydrogen-bond donors (Lipinski definition) is 6. The van der Waals surface area contributed by atoms with Crippen molar-refractivity contribution in [2.24, 2.45) is 0 Å². The number of ether oxygens (including phenoxy) is 4. The Balaban J connectivity index is 3.05. The van der Waals surface area contributed by atoms with Crippen LogP contribution in [0.25, 0.3) is 0 Å². The van der Waals surface area contributed by atoms with Gasteiger partial charge in [-0.1, -0.05) is 258 Å². The molecule has 1 unspecified atom stereocenters. The molecule has 86 heavy (non-hydrogen) atoms. The zero-order valence-electron chi connectivity index (χ0n) is 52.2. The molecule has 6 N–H and O–H groups in total. The SMILES string of the molecule is CCCCCCCCCCCCCCCCCCCCCCOCC(CO[C@]1(C(=O)O)C[C@H](OS(=O)(=O)O)[C@@H](NC(C)=O)[C@H]([C@H](OS(=O)(=O)O)[C@@H](COS(=O)(=O)O)OS(=O)(=O)O)O1)OCCCCCCCCCCCCCCCCCCCCCC. The third kappa shape index (κ3) is 46.3. The van der Waals surface area contributed by atoms with Gasteiger partial charge in [0.25, 0.3) is 5.79 Å². The first kappa shape index (κ1) is 82.3. The van der Waals surface area contributed by atoms with Crippen molar-refractivity contribution in [1.29, 1.82) is 0 Å². The van der Waals surface area contributed by atoms with Crippen LogP contribution in [0.4, 0.5) is 0 Å². The molecule has 0 aromatic heterocycles. The lowest BCUT2D eigenvalue weighted by atomic mass is 9.88. The quantitative estimate of drug-likeness (QED) is 0.0243. The second-order valence-corrected chi connectivity index (χ2v) is 27.4. The fourth-order valence-electron chi connectivity index (χ4n) is 10.8. The van der Waals surface area contributed by atoms with Crippen LogP contribution < -0.4 is 5.32 Å². The molecule has 0 aromatic carbocycles. The van der Waals surface area contributed by atoms with Crippen molar-refractivity contribution in [3.05, 3.63) is 0 Å². The Bertz CT molecular complexity index is 2170. The summed E-state index contributed by atoms with van der Waals surface area (Å²) in [5.41, 5.74) is 0. The highest BCUT2D eigenvalue weighted by Crippen LogP contribution is 2.38. The molecule has 0 spiro atoms. The van der Waals surface area contributed by atoms with Crippen LogP contribution in [-0.2, 0) is 86.9 Å². The number of nitrogens with one attached hydrogen (secondary N) is 1. The van der Waals surface area contributed by atoms with Crippen LogP contribution in [0.1, 0.15) is 284 Å². The average Bonchev–Trinajstić information content (AvgIpc) is 0.830. The van der Waals surface area contributed by atoms with E-state index >= 15 is 0 Å². The summed E-state index contributed by atoms with van der Waals surface area (Å²) in [4.78, 5) is 25.9. The minimum absolute atomic E-state index is 0.158. The normalized spacial score (nSPS) is 18.9. The highest BCUT2D eigenvalue weighted by Gasteiger charge is 2.59. The minimum atomic E-state index is -5.93. The lowest BCUT2D eigenvalue weighted by molar-refractivity contribution is -0.312. The molecule has 0 aromatic rings. The summed E-state index contributed by atoms with van der Waals surface area (Å²) in [6.45, 7) is 3.05. The van der Waals surface area contributed by atoms with Gasteiger partial charge in [0, 0.05) is 26.6 Å². The predicted octanol–water partition coefficient (Wildman–Crippen LogP) is 12.5. The molecule has 24 nitrogen and oxygen atoms in total. The molecule has 1 amide bonds. The molecule has 1 heterocycles. The molecular formula is C58H113NO23S4. The summed E-state index contributed by atoms with van der Waals surface area (Å²) in [5.74, 6) is -6.46. The number of amides is 1. The van der Waals surface area contributed by atoms with Crippen molar-refractivity contribution in [2.45, 2.75) is 326 Å². The molecule has 1 saturated heterocycles. The zero-order valence-corrected chi connectivity index (χ0v) is 55.5. The topological polar surface area (TPSA) is 358 Å². The largest absolute Gasteiger partial charge is 0.477 e. The number of hydrogen-bond acceptors (Lipinski definition) is 18. The zero-order chi connectivity index (χ0) is 64.0. The standard InChI is InChI=1S/C58H113NO23S4/c1-4-6-8-10-12-14-16-18-20-22-24-26-28-30-32-34-36-38-40-42-44-75-47-51(76-45-43-41-39-37-35-33-31-29-27-25-23-21-19-17-15-13-11-9-7-5-2)48-77-58(57(61)62)46-52(80-84(66,67)68)54(59-50(3)60)56(79-58)55(82-86(72,73)74)53(81-85(69,70)71)49-78-83(63,64)65/h51-56H,4-49H2,1-3H3,(H,59,60)(H,61,62)(H,63,64,65)(H,66,67,68)(H,69,70,71)(H,72,73,74)/t51?,52-,53+,54+,55+,56+,58+/m0/s1. The summed E-state index contributed by atoms with van der Waals surface area (Å²) in [6.07, 6.45) is 35.0. The fraction of sp³-hybridized carbons (Fsp3) is 0.966. The van der Waals surface area contributed by atoms with E-state index in [4.69, 9.17) is 23.1 Å². The second-order valence-electron chi connectivity index (χ2n) is 23.2. The Morgan fingerprint density at radius 1 is 0.488 bits per heavy atom. The van der Waals surface area contributed by atoms with Crippen molar-refractivity contribution in [3.63, 3.8) is 0 Å². The van der Waals surface area contributed by atoms with Crippen LogP contribution in [0.15, 0.2) is 0 Å². The Hall–Kier alpha value is -1.74. The molecule has 28 heteroatoms. The van der Waals surface area contributed by atoms with E-state index in [1.54, 1.807) is 0 Å². The van der Waals surface area contributed by atoms with Crippen LogP contribution in [-0.4, -0.2) is 144 Å². The number of rotatable bonds is 61. The number of carboxylic acids is 1. The fourth-order valence-corrected chi connectivity index (χ4v) is 12.6. The summed E-state index contributed by atoms with van der Waals surface area (Å²) >= 11 is 0. The Kier molecular flexibility index (Phi) is 46.8. The molecule has 0 aliphatic carbocycles. The van der Waals surface area contributed by atoms with E-state index in [1.807, 2.05) is 0 Å². The van der Waals surface area contributed by atoms with Gasteiger partial charge in [-0.15, -0.1) is 0 Å². The van der Waals surface area contributed by atoms with Gasteiger partial charge in [-0.2, -0.15) is 33.7 Å². The summed E-state index contributed by atoms with van der Waals surface area (Å²) in [5, 5.41) is 12.9. The van der Waals surface area contributed by atoms with Gasteiger partial charge >= 0.3 is 47.6 Å². The van der Waals surface area contributed by atoms with E-state index in [1.165, 1.54) is 186 Å². The van der Waals surface area contributed by atoms with Crippen LogP contribution in [0.2, 0.25) is 0 Å². The van der Waals surface area contributed by atoms with Crippen molar-refractivity contribution in [2.75, 3.05) is 33.0 Å². The van der Waals surface area contributed by atoms with Gasteiger partial charge in [0.15, 0.2) is 0 Å². The van der Waals surface area contributed by atoms with Crippen molar-refractivity contribution < 1.29 is 102 Å². The van der Waals surface area contributed by atoms with E-state index in [-0.39, 0.29) is 13.2 Å². The van der Waals surface area contributed by atoms with Gasteiger partial charge in [0.2, 0.25) is 5.91 Å². The van der Waals surface area contributed by atoms with Crippen molar-refractivity contribution in [1.82, 2.24) is 5.32 Å². The monoisotopic (exact) mass is 1320 g/mol. The highest BCUT2D eigenvalue weighted by molar-refractivity contribution is 7.81. The molecule has 7 atom stereocenters. The number of unbranched alkanes of at least 4 members (excludes halogenated alkanes) is 38. The number of aliphatic carboxylic acids is 1. The third-order valence-corrected chi connectivity index (χ3v) is 17.2. The molecule has 0 bridgehead atoms. The summed E-state index contributed by atoms with van der Waals surface area (Å²) in [7, 11) is -23.0. The number of carbonyl (C=O) groups excluding carboxylic acids is 1. The Morgan fingerprint density at radius 2 is 0.849 bits per heavy atom. The maximum absolute atomic E-state index is 13.4. The van der Waals surface area contributed by atoms with Gasteiger partial charge < -0.3 is 29.4 Å². The Morgan fingerprint density at radius 3 is 1.17 bits per heavy atom. The smallest absolute Gasteiger partial charge is 0.397 e. The van der Waals surface area contributed by atoms with E-state index in [9.17, 15) is 66.6 Å². The average molecular weight is 1320 g/mol. The maximum Gasteiger partial charge on any atom is 0.397 e. The minimum Gasteiger partial charge on any atom is -0.477 e. The molecule has 512 valence electrons. The van der Waals surface area contributed by atoms with E-state index in [2.05, 4.69) is 31.7 Å². The van der Waals surface area contributed by atoms with Crippen LogP contribution in [0.3, 0.4) is 0 Å². The van der Waals surface area contributed by atoms with Crippen molar-refractivity contribution in [3.8, 4) is 0 Å². The van der Waals surface area contributed by atoms with Gasteiger partial charge in [-0.25, -0.2) is 21.5 Å². The lowest BCUT2D eigenvalue weighted by Crippen LogP contribution is -2.69. The van der Waals surface area contributed by atoms with Crippen LogP contribution >= 0.6 is 0 Å². The summed E-state index contributed by atoms with van der Waals surface area (Å²) < 4.78 is 177. The highest BCUT2D eigenvalue weighted by atomic mass is 32.3. The van der Waals surface area contributed by atoms with E-state index < -0.39 is 115 Å². The van der Waals surface area contributed by atoms with Crippen molar-refractivity contribution >= 4 is 53.5 Å². The second kappa shape index (κ2) is 49.0. The lowest BCUT2D eigenvalue weighted by Gasteiger charge is -2.48. The van der Waals surface area contributed by atoms with E-state index in [0.29, 0.717) is 19.4 Å². The van der Waals surface area contributed by atoms with E-state index in [0.717, 1.165) is 64.7 Å². The molecule has 0 radical (unpaired) electrons. The molecule has 1 fully saturated rings. The molecule has 1 aliphatic rings. The molecular weight excluding hydrogens is 1210 g/mol. The molecule has 1 rings (SSSR count).